The summed E-state index contributed by atoms with van der Waals surface area (Å²) in [5.74, 6) is -0.366. The maximum Gasteiger partial charge on any atom is 0.269 e. The number of halogens is 1. The molecule has 0 bridgehead atoms. The van der Waals surface area contributed by atoms with Gasteiger partial charge in [-0.1, -0.05) is 22.9 Å². The molecular formula is C18H18BrN3O4S. The summed E-state index contributed by atoms with van der Waals surface area (Å²) in [5.41, 5.74) is 5.38. The van der Waals surface area contributed by atoms with Crippen molar-refractivity contribution in [2.75, 3.05) is 4.72 Å². The maximum atomic E-state index is 12.4. The molecule has 0 aliphatic heterocycles. The molecule has 2 amide bonds. The van der Waals surface area contributed by atoms with Crippen molar-refractivity contribution in [3.8, 4) is 0 Å². The van der Waals surface area contributed by atoms with Crippen molar-refractivity contribution in [2.24, 2.45) is 11.8 Å². The molecule has 0 heterocycles. The van der Waals surface area contributed by atoms with Gasteiger partial charge in [0.05, 0.1) is 4.90 Å². The summed E-state index contributed by atoms with van der Waals surface area (Å²) in [5, 5.41) is 0. The van der Waals surface area contributed by atoms with E-state index in [-0.39, 0.29) is 16.7 Å². The van der Waals surface area contributed by atoms with Gasteiger partial charge >= 0.3 is 0 Å². The summed E-state index contributed by atoms with van der Waals surface area (Å²) < 4.78 is 27.9. The maximum absolute atomic E-state index is 12.4. The highest BCUT2D eigenvalue weighted by atomic mass is 79.9. The van der Waals surface area contributed by atoms with Crippen molar-refractivity contribution >= 4 is 43.5 Å². The predicted octanol–water partition coefficient (Wildman–Crippen LogP) is 2.67. The van der Waals surface area contributed by atoms with Gasteiger partial charge in [0.15, 0.2) is 0 Å². The molecule has 0 spiro atoms. The lowest BCUT2D eigenvalue weighted by Crippen LogP contribution is -2.42. The average Bonchev–Trinajstić information content (AvgIpc) is 3.37. The van der Waals surface area contributed by atoms with Gasteiger partial charge in [0, 0.05) is 21.6 Å². The molecule has 0 aromatic heterocycles. The van der Waals surface area contributed by atoms with Crippen LogP contribution in [-0.4, -0.2) is 20.2 Å². The lowest BCUT2D eigenvalue weighted by atomic mass is 10.2. The third-order valence-electron chi connectivity index (χ3n) is 4.27. The van der Waals surface area contributed by atoms with E-state index in [1.807, 2.05) is 6.92 Å². The predicted molar refractivity (Wildman–Crippen MR) is 104 cm³/mol. The fourth-order valence-corrected chi connectivity index (χ4v) is 3.81. The first-order valence-corrected chi connectivity index (χ1v) is 10.5. The quantitative estimate of drug-likeness (QED) is 0.607. The van der Waals surface area contributed by atoms with E-state index >= 15 is 0 Å². The van der Waals surface area contributed by atoms with Crippen molar-refractivity contribution in [1.29, 1.82) is 0 Å². The van der Waals surface area contributed by atoms with E-state index in [0.29, 0.717) is 17.2 Å². The highest BCUT2D eigenvalue weighted by molar-refractivity contribution is 9.10. The second-order valence-electron chi connectivity index (χ2n) is 6.40. The van der Waals surface area contributed by atoms with E-state index in [4.69, 9.17) is 0 Å². The molecule has 2 aromatic carbocycles. The van der Waals surface area contributed by atoms with Crippen LogP contribution in [-0.2, 0) is 14.8 Å². The lowest BCUT2D eigenvalue weighted by Gasteiger charge is -2.10. The molecule has 142 valence electrons. The first kappa shape index (κ1) is 19.4. The number of benzene rings is 2. The summed E-state index contributed by atoms with van der Waals surface area (Å²) in [6, 6.07) is 12.2. The Balaban J connectivity index is 1.60. The highest BCUT2D eigenvalue weighted by Gasteiger charge is 2.39. The van der Waals surface area contributed by atoms with Crippen LogP contribution in [0.15, 0.2) is 57.9 Å². The van der Waals surface area contributed by atoms with Crippen LogP contribution in [0, 0.1) is 11.8 Å². The summed E-state index contributed by atoms with van der Waals surface area (Å²) >= 11 is 3.26. The molecule has 0 unspecified atom stereocenters. The Morgan fingerprint density at radius 3 is 2.15 bits per heavy atom. The van der Waals surface area contributed by atoms with Gasteiger partial charge in [0.1, 0.15) is 0 Å². The summed E-state index contributed by atoms with van der Waals surface area (Å²) in [6.07, 6.45) is 0.828. The monoisotopic (exact) mass is 451 g/mol. The standard InChI is InChI=1S/C18H18BrN3O4S/c1-11-10-16(11)18(24)21-20-17(23)12-2-6-14(7-3-12)22-27(25,26)15-8-4-13(19)5-9-15/h2-9,11,16,22H,10H2,1H3,(H,20,23)(H,21,24)/t11-,16-/m0/s1. The number of carbonyl (C=O) groups excluding carboxylic acids is 2. The fraction of sp³-hybridized carbons (Fsp3) is 0.222. The Morgan fingerprint density at radius 2 is 1.59 bits per heavy atom. The van der Waals surface area contributed by atoms with Crippen LogP contribution in [0.25, 0.3) is 0 Å². The Labute approximate surface area is 165 Å². The van der Waals surface area contributed by atoms with Crippen molar-refractivity contribution in [2.45, 2.75) is 18.2 Å². The summed E-state index contributed by atoms with van der Waals surface area (Å²) in [7, 11) is -3.72. The van der Waals surface area contributed by atoms with Gasteiger partial charge in [-0.2, -0.15) is 0 Å². The number of rotatable bonds is 5. The third-order valence-corrected chi connectivity index (χ3v) is 6.19. The minimum atomic E-state index is -3.72. The molecule has 0 saturated heterocycles. The van der Waals surface area contributed by atoms with Gasteiger partial charge in [0.2, 0.25) is 5.91 Å². The number of sulfonamides is 1. The van der Waals surface area contributed by atoms with Gasteiger partial charge in [-0.25, -0.2) is 8.42 Å². The van der Waals surface area contributed by atoms with Crippen molar-refractivity contribution < 1.29 is 18.0 Å². The van der Waals surface area contributed by atoms with Gasteiger partial charge < -0.3 is 0 Å². The number of nitrogens with one attached hydrogen (secondary N) is 3. The molecule has 3 N–H and O–H groups in total. The molecule has 2 atom stereocenters. The molecule has 3 rings (SSSR count). The molecule has 7 nitrogen and oxygen atoms in total. The molecule has 27 heavy (non-hydrogen) atoms. The number of hydrogen-bond acceptors (Lipinski definition) is 4. The number of hydrazine groups is 1. The average molecular weight is 452 g/mol. The van der Waals surface area contributed by atoms with Crippen LogP contribution in [0.4, 0.5) is 5.69 Å². The Morgan fingerprint density at radius 1 is 1.00 bits per heavy atom. The van der Waals surface area contributed by atoms with Gasteiger partial charge in [0.25, 0.3) is 15.9 Å². The minimum Gasteiger partial charge on any atom is -0.280 e. The highest BCUT2D eigenvalue weighted by Crippen LogP contribution is 2.37. The van der Waals surface area contributed by atoms with E-state index < -0.39 is 15.9 Å². The lowest BCUT2D eigenvalue weighted by molar-refractivity contribution is -0.123. The molecule has 1 aliphatic carbocycles. The molecule has 9 heteroatoms. The van der Waals surface area contributed by atoms with Crippen molar-refractivity contribution in [3.63, 3.8) is 0 Å². The minimum absolute atomic E-state index is 0.0410. The summed E-state index contributed by atoms with van der Waals surface area (Å²) in [6.45, 7) is 1.97. The van der Waals surface area contributed by atoms with Crippen LogP contribution in [0.3, 0.4) is 0 Å². The molecule has 1 fully saturated rings. The third kappa shape index (κ3) is 4.86. The SMILES string of the molecule is C[C@H]1C[C@@H]1C(=O)NNC(=O)c1ccc(NS(=O)(=O)c2ccc(Br)cc2)cc1. The van der Waals surface area contributed by atoms with Gasteiger partial charge in [-0.05, 0) is 60.9 Å². The number of carbonyl (C=O) groups is 2. The smallest absolute Gasteiger partial charge is 0.269 e. The second-order valence-corrected chi connectivity index (χ2v) is 9.00. The second kappa shape index (κ2) is 7.69. The van der Waals surface area contributed by atoms with Crippen LogP contribution in [0.2, 0.25) is 0 Å². The first-order valence-electron chi connectivity index (χ1n) is 8.25. The first-order chi connectivity index (χ1) is 12.8. The fourth-order valence-electron chi connectivity index (χ4n) is 2.49. The Kier molecular flexibility index (Phi) is 5.52. The normalized spacial score (nSPS) is 18.4. The largest absolute Gasteiger partial charge is 0.280 e. The Bertz CT molecular complexity index is 959. The molecule has 2 aromatic rings. The number of anilines is 1. The van der Waals surface area contributed by atoms with E-state index in [1.165, 1.54) is 36.4 Å². The van der Waals surface area contributed by atoms with E-state index in [2.05, 4.69) is 31.5 Å². The molecule has 1 saturated carbocycles. The van der Waals surface area contributed by atoms with Gasteiger partial charge in [-0.15, -0.1) is 0 Å². The van der Waals surface area contributed by atoms with Crippen molar-refractivity contribution in [1.82, 2.24) is 10.9 Å². The zero-order valence-corrected chi connectivity index (χ0v) is 16.8. The summed E-state index contributed by atoms with van der Waals surface area (Å²) in [4.78, 5) is 23.9. The molecule has 0 radical (unpaired) electrons. The zero-order chi connectivity index (χ0) is 19.6. The zero-order valence-electron chi connectivity index (χ0n) is 14.4. The van der Waals surface area contributed by atoms with Crippen LogP contribution < -0.4 is 15.6 Å². The van der Waals surface area contributed by atoms with E-state index in [1.54, 1.807) is 12.1 Å². The number of amides is 2. The van der Waals surface area contributed by atoms with E-state index in [0.717, 1.165) is 10.9 Å². The van der Waals surface area contributed by atoms with Crippen LogP contribution in [0.5, 0.6) is 0 Å². The number of hydrogen-bond donors (Lipinski definition) is 3. The molecular weight excluding hydrogens is 434 g/mol. The topological polar surface area (TPSA) is 104 Å². The van der Waals surface area contributed by atoms with Crippen LogP contribution >= 0.6 is 15.9 Å². The van der Waals surface area contributed by atoms with Gasteiger partial charge in [-0.3, -0.25) is 25.2 Å². The Hall–Kier alpha value is -2.39. The van der Waals surface area contributed by atoms with Crippen LogP contribution in [0.1, 0.15) is 23.7 Å². The molecule has 1 aliphatic rings. The van der Waals surface area contributed by atoms with E-state index in [9.17, 15) is 18.0 Å². The van der Waals surface area contributed by atoms with Crippen molar-refractivity contribution in [3.05, 3.63) is 58.6 Å².